The lowest BCUT2D eigenvalue weighted by molar-refractivity contribution is -0.192. The molecule has 10 heteroatoms. The first kappa shape index (κ1) is 23.5. The number of likely N-dealkylation sites (tertiary alicyclic amines) is 2. The number of carboxylic acids is 1. The maximum Gasteiger partial charge on any atom is 0.490 e. The summed E-state index contributed by atoms with van der Waals surface area (Å²) >= 11 is 0. The van der Waals surface area contributed by atoms with E-state index in [4.69, 9.17) is 14.6 Å². The fourth-order valence-corrected chi connectivity index (χ4v) is 4.38. The lowest BCUT2D eigenvalue weighted by Crippen LogP contribution is -2.53. The van der Waals surface area contributed by atoms with Crippen LogP contribution in [0, 0.1) is 17.7 Å². The Morgan fingerprint density at radius 2 is 1.81 bits per heavy atom. The smallest absolute Gasteiger partial charge is 0.475 e. The average Bonchev–Trinajstić information content (AvgIpc) is 3.42. The number of carbonyl (C=O) groups excluding carboxylic acids is 1. The normalized spacial score (nSPS) is 26.1. The van der Waals surface area contributed by atoms with Crippen LogP contribution in [0.25, 0.3) is 0 Å². The SMILES string of the molecule is CO[C@H]1CCN(C(=O)c2ccccc2F)[C@@H]2CN(CC3CC3)C[C@H]12.O=C(O)C(F)(F)F. The van der Waals surface area contributed by atoms with Gasteiger partial charge >= 0.3 is 12.1 Å². The summed E-state index contributed by atoms with van der Waals surface area (Å²) in [4.78, 5) is 26.2. The Kier molecular flexibility index (Phi) is 7.20. The van der Waals surface area contributed by atoms with Crippen LogP contribution in [0.2, 0.25) is 0 Å². The van der Waals surface area contributed by atoms with E-state index in [0.29, 0.717) is 12.5 Å². The molecule has 1 saturated carbocycles. The van der Waals surface area contributed by atoms with Gasteiger partial charge in [0.15, 0.2) is 0 Å². The molecule has 3 aliphatic rings. The number of carboxylic acid groups (broad SMARTS) is 1. The van der Waals surface area contributed by atoms with Gasteiger partial charge in [-0.1, -0.05) is 12.1 Å². The van der Waals surface area contributed by atoms with Crippen molar-refractivity contribution in [3.05, 3.63) is 35.6 Å². The number of amides is 1. The number of carbonyl (C=O) groups is 2. The molecule has 3 fully saturated rings. The van der Waals surface area contributed by atoms with E-state index in [1.807, 2.05) is 4.90 Å². The quantitative estimate of drug-likeness (QED) is 0.721. The van der Waals surface area contributed by atoms with Crippen LogP contribution < -0.4 is 0 Å². The zero-order valence-corrected chi connectivity index (χ0v) is 17.1. The topological polar surface area (TPSA) is 70.1 Å². The molecule has 1 amide bonds. The lowest BCUT2D eigenvalue weighted by Gasteiger charge is -2.41. The van der Waals surface area contributed by atoms with Gasteiger partial charge in [0.2, 0.25) is 0 Å². The van der Waals surface area contributed by atoms with E-state index in [0.717, 1.165) is 32.0 Å². The highest BCUT2D eigenvalue weighted by molar-refractivity contribution is 5.94. The fourth-order valence-electron chi connectivity index (χ4n) is 4.38. The van der Waals surface area contributed by atoms with Gasteiger partial charge in [-0.3, -0.25) is 4.79 Å². The fraction of sp³-hybridized carbons (Fsp3) is 0.619. The van der Waals surface area contributed by atoms with Crippen molar-refractivity contribution in [2.24, 2.45) is 11.8 Å². The second-order valence-electron chi connectivity index (χ2n) is 8.24. The number of nitrogens with zero attached hydrogens (tertiary/aromatic N) is 2. The van der Waals surface area contributed by atoms with E-state index in [1.165, 1.54) is 18.9 Å². The van der Waals surface area contributed by atoms with Gasteiger partial charge in [0.25, 0.3) is 5.91 Å². The minimum atomic E-state index is -5.08. The van der Waals surface area contributed by atoms with Crippen LogP contribution in [0.15, 0.2) is 24.3 Å². The minimum absolute atomic E-state index is 0.134. The first-order chi connectivity index (χ1) is 14.6. The number of halogens is 4. The molecule has 31 heavy (non-hydrogen) atoms. The molecule has 1 N–H and O–H groups in total. The van der Waals surface area contributed by atoms with Crippen molar-refractivity contribution in [3.8, 4) is 0 Å². The molecule has 3 atom stereocenters. The van der Waals surface area contributed by atoms with E-state index in [9.17, 15) is 22.4 Å². The van der Waals surface area contributed by atoms with Crippen LogP contribution in [-0.4, -0.2) is 78.4 Å². The third kappa shape index (κ3) is 5.74. The molecule has 2 heterocycles. The maximum absolute atomic E-state index is 14.1. The Hall–Kier alpha value is -2.20. The molecule has 2 saturated heterocycles. The van der Waals surface area contributed by atoms with Crippen molar-refractivity contribution in [1.29, 1.82) is 0 Å². The van der Waals surface area contributed by atoms with Crippen molar-refractivity contribution in [2.75, 3.05) is 33.3 Å². The summed E-state index contributed by atoms with van der Waals surface area (Å²) in [5.74, 6) is -2.20. The number of alkyl halides is 3. The Labute approximate surface area is 177 Å². The minimum Gasteiger partial charge on any atom is -0.475 e. The van der Waals surface area contributed by atoms with E-state index in [-0.39, 0.29) is 23.6 Å². The van der Waals surface area contributed by atoms with E-state index >= 15 is 0 Å². The van der Waals surface area contributed by atoms with Crippen LogP contribution in [0.1, 0.15) is 29.6 Å². The molecule has 1 aliphatic carbocycles. The van der Waals surface area contributed by atoms with Gasteiger partial charge in [-0.05, 0) is 37.3 Å². The predicted octanol–water partition coefficient (Wildman–Crippen LogP) is 3.03. The zero-order chi connectivity index (χ0) is 22.8. The van der Waals surface area contributed by atoms with E-state index < -0.39 is 18.0 Å². The average molecular weight is 446 g/mol. The molecule has 0 aromatic heterocycles. The van der Waals surface area contributed by atoms with Crippen LogP contribution in [0.3, 0.4) is 0 Å². The van der Waals surface area contributed by atoms with Crippen LogP contribution in [0.4, 0.5) is 17.6 Å². The van der Waals surface area contributed by atoms with Crippen molar-refractivity contribution in [1.82, 2.24) is 9.80 Å². The standard InChI is InChI=1S/C19H25FN2O2.C2HF3O2/c1-24-18-8-9-22(19(23)14-4-2-3-5-16(14)20)17-12-21(11-15(17)18)10-13-6-7-13;3-2(4,5)1(6)7/h2-5,13,15,17-18H,6-12H2,1H3;(H,6,7)/t15-,17+,18-;/m0./s1. The maximum atomic E-state index is 14.1. The van der Waals surface area contributed by atoms with Gasteiger partial charge in [0, 0.05) is 39.2 Å². The summed E-state index contributed by atoms with van der Waals surface area (Å²) in [6, 6.07) is 6.43. The molecule has 0 unspecified atom stereocenters. The largest absolute Gasteiger partial charge is 0.490 e. The number of ether oxygens (including phenoxy) is 1. The second-order valence-corrected chi connectivity index (χ2v) is 8.24. The lowest BCUT2D eigenvalue weighted by atomic mass is 9.88. The van der Waals surface area contributed by atoms with Gasteiger partial charge in [0.1, 0.15) is 5.82 Å². The third-order valence-corrected chi connectivity index (χ3v) is 6.06. The van der Waals surface area contributed by atoms with Gasteiger partial charge < -0.3 is 19.6 Å². The first-order valence-corrected chi connectivity index (χ1v) is 10.2. The third-order valence-electron chi connectivity index (χ3n) is 6.06. The summed E-state index contributed by atoms with van der Waals surface area (Å²) in [7, 11) is 1.76. The first-order valence-electron chi connectivity index (χ1n) is 10.2. The highest BCUT2D eigenvalue weighted by Crippen LogP contribution is 2.37. The molecular weight excluding hydrogens is 420 g/mol. The van der Waals surface area contributed by atoms with Crippen LogP contribution >= 0.6 is 0 Å². The highest BCUT2D eigenvalue weighted by Gasteiger charge is 2.47. The molecule has 0 spiro atoms. The summed E-state index contributed by atoms with van der Waals surface area (Å²) in [5, 5.41) is 7.12. The molecule has 172 valence electrons. The van der Waals surface area contributed by atoms with E-state index in [1.54, 1.807) is 25.3 Å². The Morgan fingerprint density at radius 3 is 2.35 bits per heavy atom. The molecule has 1 aromatic carbocycles. The van der Waals surface area contributed by atoms with Gasteiger partial charge in [-0.2, -0.15) is 13.2 Å². The molecule has 2 aliphatic heterocycles. The number of rotatable bonds is 4. The number of hydrogen-bond donors (Lipinski definition) is 1. The highest BCUT2D eigenvalue weighted by atomic mass is 19.4. The summed E-state index contributed by atoms with van der Waals surface area (Å²) in [6.45, 7) is 3.65. The van der Waals surface area contributed by atoms with Crippen LogP contribution in [0.5, 0.6) is 0 Å². The molecule has 4 rings (SSSR count). The molecular formula is C21H26F4N2O4. The summed E-state index contributed by atoms with van der Waals surface area (Å²) in [6.07, 6.45) is -1.40. The molecule has 0 radical (unpaired) electrons. The molecule has 6 nitrogen and oxygen atoms in total. The van der Waals surface area contributed by atoms with Crippen LogP contribution in [-0.2, 0) is 9.53 Å². The second kappa shape index (κ2) is 9.52. The Bertz CT molecular complexity index is 800. The van der Waals surface area contributed by atoms with Crippen molar-refractivity contribution >= 4 is 11.9 Å². The number of aliphatic carboxylic acids is 1. The number of hydrogen-bond acceptors (Lipinski definition) is 4. The zero-order valence-electron chi connectivity index (χ0n) is 17.1. The van der Waals surface area contributed by atoms with Crippen molar-refractivity contribution in [2.45, 2.75) is 37.6 Å². The molecule has 1 aromatic rings. The van der Waals surface area contributed by atoms with Gasteiger partial charge in [-0.25, -0.2) is 9.18 Å². The number of methoxy groups -OCH3 is 1. The predicted molar refractivity (Wildman–Crippen MR) is 103 cm³/mol. The number of fused-ring (bicyclic) bond motifs is 1. The Morgan fingerprint density at radius 1 is 1.16 bits per heavy atom. The Balaban J connectivity index is 0.000000339. The molecule has 0 bridgehead atoms. The van der Waals surface area contributed by atoms with Crippen molar-refractivity contribution in [3.63, 3.8) is 0 Å². The van der Waals surface area contributed by atoms with Crippen molar-refractivity contribution < 1.29 is 37.0 Å². The summed E-state index contributed by atoms with van der Waals surface area (Å²) in [5.41, 5.74) is 0.188. The monoisotopic (exact) mass is 446 g/mol. The van der Waals surface area contributed by atoms with E-state index in [2.05, 4.69) is 4.90 Å². The van der Waals surface area contributed by atoms with Gasteiger partial charge in [-0.15, -0.1) is 0 Å². The van der Waals surface area contributed by atoms with Gasteiger partial charge in [0.05, 0.1) is 17.7 Å². The summed E-state index contributed by atoms with van der Waals surface area (Å²) < 4.78 is 51.5. The number of piperidine rings is 1. The number of benzene rings is 1.